The Kier molecular flexibility index (Phi) is 4.60. The average molecular weight is 474 g/mol. The molecule has 1 aromatic heterocycles. The molecular formula is C26H18O9. The fourth-order valence-corrected chi connectivity index (χ4v) is 4.61. The van der Waals surface area contributed by atoms with E-state index >= 15 is 0 Å². The summed E-state index contributed by atoms with van der Waals surface area (Å²) in [5.41, 5.74) is 1.49. The van der Waals surface area contributed by atoms with Gasteiger partial charge in [-0.1, -0.05) is 12.1 Å². The molecule has 35 heavy (non-hydrogen) atoms. The van der Waals surface area contributed by atoms with Crippen LogP contribution in [-0.2, 0) is 4.79 Å². The van der Waals surface area contributed by atoms with Crippen LogP contribution in [0.4, 0.5) is 0 Å². The van der Waals surface area contributed by atoms with Gasteiger partial charge in [0.25, 0.3) is 0 Å². The van der Waals surface area contributed by atoms with E-state index in [1.165, 1.54) is 31.6 Å². The van der Waals surface area contributed by atoms with Gasteiger partial charge in [-0.2, -0.15) is 0 Å². The van der Waals surface area contributed by atoms with Crippen molar-refractivity contribution in [1.82, 2.24) is 0 Å². The molecule has 9 nitrogen and oxygen atoms in total. The molecule has 4 aromatic rings. The summed E-state index contributed by atoms with van der Waals surface area (Å²) >= 11 is 0. The minimum atomic E-state index is -0.569. The van der Waals surface area contributed by atoms with Crippen molar-refractivity contribution in [2.24, 2.45) is 0 Å². The molecule has 3 heterocycles. The molecule has 0 bridgehead atoms. The maximum Gasteiger partial charge on any atom is 0.312 e. The Morgan fingerprint density at radius 3 is 2.57 bits per heavy atom. The number of rotatable bonds is 3. The fraction of sp³-hybridized carbons (Fsp3) is 0.154. The van der Waals surface area contributed by atoms with E-state index in [1.807, 2.05) is 0 Å². The van der Waals surface area contributed by atoms with E-state index in [4.69, 9.17) is 23.4 Å². The number of aromatic hydroxyl groups is 2. The predicted molar refractivity (Wildman–Crippen MR) is 122 cm³/mol. The van der Waals surface area contributed by atoms with Crippen LogP contribution in [-0.4, -0.2) is 30.1 Å². The fourth-order valence-electron chi connectivity index (χ4n) is 4.61. The summed E-state index contributed by atoms with van der Waals surface area (Å²) < 4.78 is 27.8. The molecule has 0 unspecified atom stereocenters. The number of carbonyl (C=O) groups excluding carboxylic acids is 1. The molecule has 0 saturated heterocycles. The second-order valence-corrected chi connectivity index (χ2v) is 8.22. The maximum atomic E-state index is 13.4. The van der Waals surface area contributed by atoms with Gasteiger partial charge in [-0.05, 0) is 35.4 Å². The molecular weight excluding hydrogens is 456 g/mol. The van der Waals surface area contributed by atoms with Crippen LogP contribution in [0.3, 0.4) is 0 Å². The van der Waals surface area contributed by atoms with Crippen LogP contribution < -0.4 is 24.4 Å². The van der Waals surface area contributed by atoms with Crippen molar-refractivity contribution in [3.63, 3.8) is 0 Å². The lowest BCUT2D eigenvalue weighted by Gasteiger charge is -2.26. The zero-order chi connectivity index (χ0) is 24.3. The molecule has 0 spiro atoms. The second-order valence-electron chi connectivity index (χ2n) is 8.22. The lowest BCUT2D eigenvalue weighted by molar-refractivity contribution is -0.135. The summed E-state index contributed by atoms with van der Waals surface area (Å²) in [6.45, 7) is 0.0458. The minimum Gasteiger partial charge on any atom is -0.508 e. The first-order chi connectivity index (χ1) is 16.9. The lowest BCUT2D eigenvalue weighted by atomic mass is 9.84. The van der Waals surface area contributed by atoms with E-state index < -0.39 is 17.3 Å². The van der Waals surface area contributed by atoms with Gasteiger partial charge in [0.1, 0.15) is 34.5 Å². The smallest absolute Gasteiger partial charge is 0.312 e. The summed E-state index contributed by atoms with van der Waals surface area (Å²) in [7, 11) is 1.50. The van der Waals surface area contributed by atoms with Crippen LogP contribution in [0.2, 0.25) is 0 Å². The first kappa shape index (κ1) is 20.9. The highest BCUT2D eigenvalue weighted by Crippen LogP contribution is 2.49. The molecule has 2 N–H and O–H groups in total. The van der Waals surface area contributed by atoms with Crippen molar-refractivity contribution in [2.75, 3.05) is 13.9 Å². The van der Waals surface area contributed by atoms with Gasteiger partial charge in [-0.25, -0.2) is 0 Å². The molecule has 0 radical (unpaired) electrons. The number of hydrogen-bond acceptors (Lipinski definition) is 9. The molecule has 0 saturated carbocycles. The van der Waals surface area contributed by atoms with Crippen molar-refractivity contribution in [3.8, 4) is 45.6 Å². The minimum absolute atomic E-state index is 0.0287. The zero-order valence-electron chi connectivity index (χ0n) is 18.4. The summed E-state index contributed by atoms with van der Waals surface area (Å²) in [4.78, 5) is 25.9. The third-order valence-electron chi connectivity index (χ3n) is 6.23. The number of phenols is 2. The number of ether oxygens (including phenoxy) is 4. The van der Waals surface area contributed by atoms with E-state index in [-0.39, 0.29) is 47.0 Å². The average Bonchev–Trinajstić information content (AvgIpc) is 3.32. The van der Waals surface area contributed by atoms with Crippen LogP contribution in [0.1, 0.15) is 23.5 Å². The highest BCUT2D eigenvalue weighted by molar-refractivity contribution is 5.94. The second kappa shape index (κ2) is 7.69. The Labute approximate surface area is 197 Å². The largest absolute Gasteiger partial charge is 0.508 e. The normalized spacial score (nSPS) is 16.1. The Morgan fingerprint density at radius 1 is 1.00 bits per heavy atom. The van der Waals surface area contributed by atoms with Gasteiger partial charge in [0.05, 0.1) is 19.1 Å². The van der Waals surface area contributed by atoms with Crippen LogP contribution in [0.25, 0.3) is 22.1 Å². The van der Waals surface area contributed by atoms with Crippen LogP contribution in [0.15, 0.2) is 57.9 Å². The van der Waals surface area contributed by atoms with Gasteiger partial charge < -0.3 is 33.6 Å². The van der Waals surface area contributed by atoms with Crippen molar-refractivity contribution < 1.29 is 38.4 Å². The number of phenolic OH excluding ortho intramolecular Hbond substituents is 2. The molecule has 9 heteroatoms. The lowest BCUT2D eigenvalue weighted by Crippen LogP contribution is -2.22. The van der Waals surface area contributed by atoms with Crippen LogP contribution in [0.5, 0.6) is 34.5 Å². The third kappa shape index (κ3) is 3.23. The van der Waals surface area contributed by atoms with Crippen molar-refractivity contribution in [3.05, 3.63) is 70.1 Å². The van der Waals surface area contributed by atoms with Gasteiger partial charge in [-0.15, -0.1) is 0 Å². The summed E-state index contributed by atoms with van der Waals surface area (Å²) in [5, 5.41) is 20.3. The van der Waals surface area contributed by atoms with Gasteiger partial charge in [0.2, 0.25) is 18.0 Å². The van der Waals surface area contributed by atoms with E-state index in [1.54, 1.807) is 24.3 Å². The SMILES string of the molecule is COc1cc([C@@H]2CC(=O)Oc3cc(O)c4c(=O)c(-c5ccc(O)cc5)coc4c32)cc2c1OCO2. The summed E-state index contributed by atoms with van der Waals surface area (Å²) in [6, 6.07) is 10.8. The Hall–Kier alpha value is -4.66. The Balaban J connectivity index is 1.59. The number of esters is 1. The number of carbonyl (C=O) groups is 1. The number of fused-ring (bicyclic) bond motifs is 4. The molecule has 6 rings (SSSR count). The molecule has 2 aliphatic rings. The standard InChI is InChI=1S/C26H18O9/c1-31-19-6-13(7-20-25(19)34-11-33-20)15-8-21(29)35-18-9-17(28)23-24(30)16(10-32-26(23)22(15)18)12-2-4-14(27)5-3-12/h2-7,9-10,15,27-28H,8,11H2,1H3/t15-/m0/s1. The molecule has 3 aromatic carbocycles. The van der Waals surface area contributed by atoms with Gasteiger partial charge >= 0.3 is 5.97 Å². The quantitative estimate of drug-likeness (QED) is 0.334. The van der Waals surface area contributed by atoms with Crippen LogP contribution in [0, 0.1) is 0 Å². The van der Waals surface area contributed by atoms with E-state index in [2.05, 4.69) is 0 Å². The van der Waals surface area contributed by atoms with Gasteiger partial charge in [-0.3, -0.25) is 9.59 Å². The van der Waals surface area contributed by atoms with Crippen molar-refractivity contribution in [1.29, 1.82) is 0 Å². The van der Waals surface area contributed by atoms with Gasteiger partial charge in [0.15, 0.2) is 11.5 Å². The molecule has 1 atom stereocenters. The molecule has 2 aliphatic heterocycles. The van der Waals surface area contributed by atoms with E-state index in [0.29, 0.717) is 33.9 Å². The molecule has 0 amide bonds. The third-order valence-corrected chi connectivity index (χ3v) is 6.23. The monoisotopic (exact) mass is 474 g/mol. The molecule has 0 aliphatic carbocycles. The summed E-state index contributed by atoms with van der Waals surface area (Å²) in [6.07, 6.45) is 1.27. The number of methoxy groups -OCH3 is 1. The van der Waals surface area contributed by atoms with Crippen molar-refractivity contribution in [2.45, 2.75) is 12.3 Å². The predicted octanol–water partition coefficient (Wildman–Crippen LogP) is 4.05. The van der Waals surface area contributed by atoms with Gasteiger partial charge in [0, 0.05) is 17.5 Å². The topological polar surface area (TPSA) is 125 Å². The Morgan fingerprint density at radius 2 is 1.80 bits per heavy atom. The van der Waals surface area contributed by atoms with E-state index in [0.717, 1.165) is 0 Å². The highest BCUT2D eigenvalue weighted by atomic mass is 16.7. The summed E-state index contributed by atoms with van der Waals surface area (Å²) in [5.74, 6) is 0.100. The molecule has 0 fully saturated rings. The first-order valence-corrected chi connectivity index (χ1v) is 10.7. The maximum absolute atomic E-state index is 13.4. The number of hydrogen-bond donors (Lipinski definition) is 2. The Bertz CT molecular complexity index is 1570. The van der Waals surface area contributed by atoms with Crippen molar-refractivity contribution >= 4 is 16.9 Å². The van der Waals surface area contributed by atoms with Crippen LogP contribution >= 0.6 is 0 Å². The first-order valence-electron chi connectivity index (χ1n) is 10.7. The number of benzene rings is 3. The molecule has 176 valence electrons. The highest BCUT2D eigenvalue weighted by Gasteiger charge is 2.35. The van der Waals surface area contributed by atoms with E-state index in [9.17, 15) is 19.8 Å². The zero-order valence-corrected chi connectivity index (χ0v) is 18.4.